The van der Waals surface area contributed by atoms with Gasteiger partial charge < -0.3 is 23.9 Å². The van der Waals surface area contributed by atoms with E-state index in [4.69, 9.17) is 18.9 Å². The molecule has 3 rings (SSSR count). The van der Waals surface area contributed by atoms with Gasteiger partial charge in [0.2, 0.25) is 11.5 Å². The molecule has 140 valence electrons. The first kappa shape index (κ1) is 18.2. The first-order valence-electron chi connectivity index (χ1n) is 7.95. The van der Waals surface area contributed by atoms with Crippen LogP contribution in [0.4, 0.5) is 0 Å². The summed E-state index contributed by atoms with van der Waals surface area (Å²) in [5, 5.41) is 0.218. The number of benzene rings is 2. The number of fused-ring (bicyclic) bond motifs is 1. The molecule has 1 heterocycles. The van der Waals surface area contributed by atoms with Gasteiger partial charge in [0.1, 0.15) is 11.3 Å². The summed E-state index contributed by atoms with van der Waals surface area (Å²) in [5.74, 6) is 0.889. The minimum Gasteiger partial charge on any atom is -0.497 e. The summed E-state index contributed by atoms with van der Waals surface area (Å²) in [6, 6.07) is 7.99. The minimum atomic E-state index is -0.490. The number of rotatable bonds is 6. The zero-order valence-corrected chi connectivity index (χ0v) is 15.3. The SMILES string of the molecule is COc1ccc(C(=O)c2nc3c(OC)c(OC)c(OC)cc3c(=O)[nH]2)cc1. The van der Waals surface area contributed by atoms with Gasteiger partial charge in [0, 0.05) is 5.56 Å². The second kappa shape index (κ2) is 7.36. The summed E-state index contributed by atoms with van der Waals surface area (Å²) >= 11 is 0. The van der Waals surface area contributed by atoms with Crippen molar-refractivity contribution in [3.8, 4) is 23.0 Å². The molecule has 0 aliphatic rings. The molecule has 1 aromatic heterocycles. The van der Waals surface area contributed by atoms with Crippen LogP contribution in [0.3, 0.4) is 0 Å². The van der Waals surface area contributed by atoms with Crippen molar-refractivity contribution in [2.45, 2.75) is 0 Å². The summed E-state index contributed by atoms with van der Waals surface area (Å²) in [7, 11) is 5.85. The van der Waals surface area contributed by atoms with E-state index in [1.165, 1.54) is 34.5 Å². The van der Waals surface area contributed by atoms with E-state index in [0.717, 1.165) is 0 Å². The summed E-state index contributed by atoms with van der Waals surface area (Å²) in [5.41, 5.74) is 0.0737. The quantitative estimate of drug-likeness (QED) is 0.664. The van der Waals surface area contributed by atoms with Crippen LogP contribution in [-0.2, 0) is 0 Å². The van der Waals surface area contributed by atoms with Crippen molar-refractivity contribution >= 4 is 16.7 Å². The number of hydrogen-bond acceptors (Lipinski definition) is 7. The van der Waals surface area contributed by atoms with E-state index < -0.39 is 11.3 Å². The number of ketones is 1. The van der Waals surface area contributed by atoms with Crippen molar-refractivity contribution in [3.05, 3.63) is 52.1 Å². The Morgan fingerprint density at radius 1 is 0.926 bits per heavy atom. The number of nitrogens with one attached hydrogen (secondary N) is 1. The molecule has 0 atom stereocenters. The Balaban J connectivity index is 2.20. The summed E-state index contributed by atoms with van der Waals surface area (Å²) in [4.78, 5) is 32.1. The number of nitrogens with zero attached hydrogens (tertiary/aromatic N) is 1. The molecule has 1 N–H and O–H groups in total. The normalized spacial score (nSPS) is 10.5. The molecule has 0 aliphatic carbocycles. The van der Waals surface area contributed by atoms with Gasteiger partial charge in [-0.2, -0.15) is 0 Å². The van der Waals surface area contributed by atoms with Crippen molar-refractivity contribution in [3.63, 3.8) is 0 Å². The Morgan fingerprint density at radius 3 is 2.15 bits per heavy atom. The van der Waals surface area contributed by atoms with Crippen molar-refractivity contribution < 1.29 is 23.7 Å². The van der Waals surface area contributed by atoms with Gasteiger partial charge in [-0.15, -0.1) is 0 Å². The average Bonchev–Trinajstić information content (AvgIpc) is 2.71. The molecule has 8 nitrogen and oxygen atoms in total. The minimum absolute atomic E-state index is 0.108. The topological polar surface area (TPSA) is 99.7 Å². The van der Waals surface area contributed by atoms with Crippen LogP contribution in [0.5, 0.6) is 23.0 Å². The van der Waals surface area contributed by atoms with E-state index >= 15 is 0 Å². The lowest BCUT2D eigenvalue weighted by atomic mass is 10.1. The second-order valence-corrected chi connectivity index (χ2v) is 5.51. The monoisotopic (exact) mass is 370 g/mol. The number of ether oxygens (including phenoxy) is 4. The molecular weight excluding hydrogens is 352 g/mol. The van der Waals surface area contributed by atoms with Gasteiger partial charge in [-0.25, -0.2) is 4.98 Å². The lowest BCUT2D eigenvalue weighted by Gasteiger charge is -2.14. The highest BCUT2D eigenvalue weighted by Gasteiger charge is 2.21. The van der Waals surface area contributed by atoms with Gasteiger partial charge in [-0.1, -0.05) is 0 Å². The van der Waals surface area contributed by atoms with Gasteiger partial charge >= 0.3 is 0 Å². The number of aromatic nitrogens is 2. The van der Waals surface area contributed by atoms with Gasteiger partial charge in [-0.3, -0.25) is 9.59 Å². The number of carbonyl (C=O) groups excluding carboxylic acids is 1. The van der Waals surface area contributed by atoms with E-state index in [0.29, 0.717) is 17.1 Å². The van der Waals surface area contributed by atoms with Crippen LogP contribution < -0.4 is 24.5 Å². The van der Waals surface area contributed by atoms with Crippen LogP contribution in [0.25, 0.3) is 10.9 Å². The zero-order chi connectivity index (χ0) is 19.6. The molecule has 0 bridgehead atoms. The van der Waals surface area contributed by atoms with Crippen LogP contribution in [0.15, 0.2) is 35.1 Å². The molecule has 0 aliphatic heterocycles. The molecule has 3 aromatic rings. The molecule has 27 heavy (non-hydrogen) atoms. The Morgan fingerprint density at radius 2 is 1.59 bits per heavy atom. The average molecular weight is 370 g/mol. The molecule has 0 saturated heterocycles. The van der Waals surface area contributed by atoms with Gasteiger partial charge in [0.05, 0.1) is 33.8 Å². The molecule has 0 spiro atoms. The van der Waals surface area contributed by atoms with Crippen LogP contribution in [0.2, 0.25) is 0 Å². The Hall–Kier alpha value is -3.55. The van der Waals surface area contributed by atoms with Crippen molar-refractivity contribution in [2.24, 2.45) is 0 Å². The molecular formula is C19H18N2O6. The van der Waals surface area contributed by atoms with Crippen molar-refractivity contribution in [1.29, 1.82) is 0 Å². The third-order valence-corrected chi connectivity index (χ3v) is 4.07. The molecule has 0 unspecified atom stereocenters. The van der Waals surface area contributed by atoms with E-state index in [1.54, 1.807) is 24.3 Å². The van der Waals surface area contributed by atoms with Crippen LogP contribution in [0.1, 0.15) is 16.2 Å². The van der Waals surface area contributed by atoms with Crippen LogP contribution in [-0.4, -0.2) is 44.2 Å². The van der Waals surface area contributed by atoms with E-state index in [1.807, 2.05) is 0 Å². The smallest absolute Gasteiger partial charge is 0.259 e. The highest BCUT2D eigenvalue weighted by atomic mass is 16.5. The number of hydrogen-bond donors (Lipinski definition) is 1. The highest BCUT2D eigenvalue weighted by Crippen LogP contribution is 2.41. The van der Waals surface area contributed by atoms with E-state index in [-0.39, 0.29) is 28.2 Å². The fourth-order valence-electron chi connectivity index (χ4n) is 2.73. The standard InChI is InChI=1S/C19H18N2O6/c1-24-11-7-5-10(6-8-11)15(22)18-20-14-12(19(23)21-18)9-13(25-2)16(26-3)17(14)27-4/h5-9H,1-4H3,(H,20,21,23). The second-order valence-electron chi connectivity index (χ2n) is 5.51. The lowest BCUT2D eigenvalue weighted by molar-refractivity contribution is 0.102. The fraction of sp³-hybridized carbons (Fsp3) is 0.211. The maximum absolute atomic E-state index is 12.7. The molecule has 0 fully saturated rings. The van der Waals surface area contributed by atoms with Gasteiger partial charge in [-0.05, 0) is 30.3 Å². The number of methoxy groups -OCH3 is 4. The molecule has 2 aromatic carbocycles. The highest BCUT2D eigenvalue weighted by molar-refractivity contribution is 6.07. The predicted octanol–water partition coefficient (Wildman–Crippen LogP) is 2.19. The lowest BCUT2D eigenvalue weighted by Crippen LogP contribution is -2.17. The number of aromatic amines is 1. The Labute approximate surface area is 154 Å². The first-order valence-corrected chi connectivity index (χ1v) is 7.95. The molecule has 0 saturated carbocycles. The Bertz CT molecular complexity index is 1060. The van der Waals surface area contributed by atoms with Crippen molar-refractivity contribution in [1.82, 2.24) is 9.97 Å². The summed E-state index contributed by atoms with van der Waals surface area (Å²) in [6.45, 7) is 0. The Kier molecular flexibility index (Phi) is 4.98. The molecule has 8 heteroatoms. The fourth-order valence-corrected chi connectivity index (χ4v) is 2.73. The van der Waals surface area contributed by atoms with Gasteiger partial charge in [0.15, 0.2) is 17.3 Å². The zero-order valence-electron chi connectivity index (χ0n) is 15.3. The van der Waals surface area contributed by atoms with Crippen molar-refractivity contribution in [2.75, 3.05) is 28.4 Å². The third-order valence-electron chi connectivity index (χ3n) is 4.07. The molecule has 0 amide bonds. The van der Waals surface area contributed by atoms with E-state index in [9.17, 15) is 9.59 Å². The largest absolute Gasteiger partial charge is 0.497 e. The number of carbonyl (C=O) groups is 1. The summed E-state index contributed by atoms with van der Waals surface area (Å²) < 4.78 is 21.0. The first-order chi connectivity index (χ1) is 13.0. The summed E-state index contributed by atoms with van der Waals surface area (Å²) in [6.07, 6.45) is 0. The molecule has 0 radical (unpaired) electrons. The van der Waals surface area contributed by atoms with E-state index in [2.05, 4.69) is 9.97 Å². The van der Waals surface area contributed by atoms with Crippen LogP contribution >= 0.6 is 0 Å². The number of H-pyrrole nitrogens is 1. The third kappa shape index (κ3) is 3.17. The maximum Gasteiger partial charge on any atom is 0.259 e. The maximum atomic E-state index is 12.7. The van der Waals surface area contributed by atoms with Crippen LogP contribution in [0, 0.1) is 0 Å². The predicted molar refractivity (Wildman–Crippen MR) is 98.4 cm³/mol. The van der Waals surface area contributed by atoms with Gasteiger partial charge in [0.25, 0.3) is 5.56 Å².